The van der Waals surface area contributed by atoms with E-state index in [4.69, 9.17) is 9.97 Å². The van der Waals surface area contributed by atoms with Crippen LogP contribution in [0.25, 0.3) is 0 Å². The normalized spacial score (nSPS) is 19.3. The van der Waals surface area contributed by atoms with Gasteiger partial charge in [-0.05, 0) is 57.1 Å². The van der Waals surface area contributed by atoms with Crippen LogP contribution in [0.5, 0.6) is 0 Å². The molecular weight excluding hydrogens is 386 g/mol. The van der Waals surface area contributed by atoms with Crippen molar-refractivity contribution >= 4 is 17.7 Å². The quantitative estimate of drug-likeness (QED) is 0.754. The molecule has 0 N–H and O–H groups in total. The summed E-state index contributed by atoms with van der Waals surface area (Å²) in [7, 11) is 0. The molecule has 4 heterocycles. The smallest absolute Gasteiger partial charge is 0.254 e. The SMILES string of the molecule is Cc1ccccc1C(=O)N1CCc2nc(N3CCCCC3)nc(N3CCCCC3)c2C1. The number of carbonyl (C=O) groups is 1. The number of benzene rings is 1. The predicted octanol–water partition coefficient (Wildman–Crippen LogP) is 3.96. The van der Waals surface area contributed by atoms with Crippen molar-refractivity contribution in [2.75, 3.05) is 42.5 Å². The average Bonchev–Trinajstić information content (AvgIpc) is 2.84. The molecule has 5 rings (SSSR count). The van der Waals surface area contributed by atoms with E-state index in [0.717, 1.165) is 73.3 Å². The van der Waals surface area contributed by atoms with Crippen LogP contribution in [-0.4, -0.2) is 53.5 Å². The number of piperidine rings is 2. The molecule has 6 nitrogen and oxygen atoms in total. The lowest BCUT2D eigenvalue weighted by Gasteiger charge is -2.36. The number of carbonyl (C=O) groups excluding carboxylic acids is 1. The van der Waals surface area contributed by atoms with Crippen LogP contribution in [-0.2, 0) is 13.0 Å². The molecule has 3 aliphatic heterocycles. The fraction of sp³-hybridized carbons (Fsp3) is 0.560. The summed E-state index contributed by atoms with van der Waals surface area (Å²) in [6.07, 6.45) is 8.26. The summed E-state index contributed by atoms with van der Waals surface area (Å²) in [6, 6.07) is 7.89. The van der Waals surface area contributed by atoms with Gasteiger partial charge < -0.3 is 14.7 Å². The molecule has 2 aromatic rings. The number of nitrogens with zero attached hydrogens (tertiary/aromatic N) is 5. The summed E-state index contributed by atoms with van der Waals surface area (Å²) in [5, 5.41) is 0. The summed E-state index contributed by atoms with van der Waals surface area (Å²) in [5.74, 6) is 2.10. The van der Waals surface area contributed by atoms with Crippen molar-refractivity contribution in [2.45, 2.75) is 58.4 Å². The lowest BCUT2D eigenvalue weighted by molar-refractivity contribution is 0.0733. The predicted molar refractivity (Wildman–Crippen MR) is 124 cm³/mol. The van der Waals surface area contributed by atoms with Crippen LogP contribution in [0.15, 0.2) is 24.3 Å². The van der Waals surface area contributed by atoms with Crippen molar-refractivity contribution in [1.82, 2.24) is 14.9 Å². The fourth-order valence-electron chi connectivity index (χ4n) is 5.14. The van der Waals surface area contributed by atoms with Crippen molar-refractivity contribution < 1.29 is 4.79 Å². The Kier molecular flexibility index (Phi) is 5.79. The second-order valence-electron chi connectivity index (χ2n) is 9.16. The first kappa shape index (κ1) is 20.3. The van der Waals surface area contributed by atoms with Gasteiger partial charge in [-0.2, -0.15) is 4.98 Å². The van der Waals surface area contributed by atoms with Gasteiger partial charge >= 0.3 is 0 Å². The van der Waals surface area contributed by atoms with Crippen LogP contribution in [0.2, 0.25) is 0 Å². The summed E-state index contributed by atoms with van der Waals surface area (Å²) >= 11 is 0. The number of aryl methyl sites for hydroxylation is 1. The van der Waals surface area contributed by atoms with Crippen LogP contribution < -0.4 is 9.80 Å². The van der Waals surface area contributed by atoms with E-state index in [1.165, 1.54) is 38.5 Å². The Bertz CT molecular complexity index is 947. The van der Waals surface area contributed by atoms with E-state index < -0.39 is 0 Å². The summed E-state index contributed by atoms with van der Waals surface area (Å²) < 4.78 is 0. The van der Waals surface area contributed by atoms with Gasteiger partial charge in [0.15, 0.2) is 0 Å². The molecule has 0 atom stereocenters. The van der Waals surface area contributed by atoms with Crippen LogP contribution in [0, 0.1) is 6.92 Å². The highest BCUT2D eigenvalue weighted by Gasteiger charge is 2.30. The Hall–Kier alpha value is -2.63. The van der Waals surface area contributed by atoms with Gasteiger partial charge in [-0.25, -0.2) is 4.98 Å². The maximum Gasteiger partial charge on any atom is 0.254 e. The molecule has 1 amide bonds. The molecule has 0 radical (unpaired) electrons. The Morgan fingerprint density at radius 1 is 0.839 bits per heavy atom. The number of amides is 1. The minimum absolute atomic E-state index is 0.119. The molecule has 0 saturated carbocycles. The topological polar surface area (TPSA) is 52.6 Å². The Balaban J connectivity index is 1.48. The van der Waals surface area contributed by atoms with E-state index in [-0.39, 0.29) is 5.91 Å². The standard InChI is InChI=1S/C25H33N5O/c1-19-10-4-5-11-20(19)24(31)30-17-12-22-21(18-30)23(28-13-6-2-7-14-28)27-25(26-22)29-15-8-3-9-16-29/h4-5,10-11H,2-3,6-9,12-18H2,1H3. The number of fused-ring (bicyclic) bond motifs is 1. The molecule has 0 unspecified atom stereocenters. The second kappa shape index (κ2) is 8.85. The Morgan fingerprint density at radius 3 is 2.23 bits per heavy atom. The van der Waals surface area contributed by atoms with E-state index in [1.807, 2.05) is 36.1 Å². The number of rotatable bonds is 3. The summed E-state index contributed by atoms with van der Waals surface area (Å²) in [4.78, 5) is 30.2. The summed E-state index contributed by atoms with van der Waals surface area (Å²) in [6.45, 7) is 7.54. The summed E-state index contributed by atoms with van der Waals surface area (Å²) in [5.41, 5.74) is 4.14. The maximum atomic E-state index is 13.3. The van der Waals surface area contributed by atoms with Crippen LogP contribution in [0.1, 0.15) is 65.7 Å². The van der Waals surface area contributed by atoms with E-state index in [9.17, 15) is 4.79 Å². The van der Waals surface area contributed by atoms with Crippen LogP contribution in [0.4, 0.5) is 11.8 Å². The number of anilines is 2. The first-order valence-corrected chi connectivity index (χ1v) is 12.0. The number of aromatic nitrogens is 2. The third-order valence-corrected chi connectivity index (χ3v) is 6.98. The van der Waals surface area contributed by atoms with E-state index in [0.29, 0.717) is 6.54 Å². The van der Waals surface area contributed by atoms with Crippen molar-refractivity contribution in [2.24, 2.45) is 0 Å². The Labute approximate surface area is 185 Å². The van der Waals surface area contributed by atoms with E-state index in [2.05, 4.69) is 9.80 Å². The molecule has 0 bridgehead atoms. The molecule has 31 heavy (non-hydrogen) atoms. The molecule has 6 heteroatoms. The highest BCUT2D eigenvalue weighted by Crippen LogP contribution is 2.32. The zero-order valence-electron chi connectivity index (χ0n) is 18.6. The zero-order chi connectivity index (χ0) is 21.2. The van der Waals surface area contributed by atoms with Gasteiger partial charge in [0, 0.05) is 50.3 Å². The van der Waals surface area contributed by atoms with Gasteiger partial charge in [0.25, 0.3) is 5.91 Å². The van der Waals surface area contributed by atoms with Gasteiger partial charge in [0.05, 0.1) is 12.2 Å². The third-order valence-electron chi connectivity index (χ3n) is 6.98. The Morgan fingerprint density at radius 2 is 1.52 bits per heavy atom. The minimum Gasteiger partial charge on any atom is -0.356 e. The molecular formula is C25H33N5O. The van der Waals surface area contributed by atoms with Gasteiger partial charge in [-0.1, -0.05) is 18.2 Å². The monoisotopic (exact) mass is 419 g/mol. The highest BCUT2D eigenvalue weighted by atomic mass is 16.2. The molecule has 0 aliphatic carbocycles. The molecule has 0 spiro atoms. The molecule has 164 valence electrons. The van der Waals surface area contributed by atoms with Gasteiger partial charge in [0.1, 0.15) is 5.82 Å². The first-order valence-electron chi connectivity index (χ1n) is 12.0. The molecule has 2 fully saturated rings. The molecule has 3 aliphatic rings. The lowest BCUT2D eigenvalue weighted by atomic mass is 10.0. The van der Waals surface area contributed by atoms with Crippen LogP contribution in [0.3, 0.4) is 0 Å². The zero-order valence-corrected chi connectivity index (χ0v) is 18.6. The van der Waals surface area contributed by atoms with Crippen molar-refractivity contribution in [3.8, 4) is 0 Å². The lowest BCUT2D eigenvalue weighted by Crippen LogP contribution is -2.40. The van der Waals surface area contributed by atoms with Crippen molar-refractivity contribution in [3.63, 3.8) is 0 Å². The molecule has 1 aromatic heterocycles. The van der Waals surface area contributed by atoms with E-state index >= 15 is 0 Å². The van der Waals surface area contributed by atoms with Gasteiger partial charge in [-0.15, -0.1) is 0 Å². The molecule has 1 aromatic carbocycles. The highest BCUT2D eigenvalue weighted by molar-refractivity contribution is 5.95. The second-order valence-corrected chi connectivity index (χ2v) is 9.16. The number of hydrogen-bond acceptors (Lipinski definition) is 5. The first-order chi connectivity index (χ1) is 15.2. The van der Waals surface area contributed by atoms with Gasteiger partial charge in [-0.3, -0.25) is 4.79 Å². The average molecular weight is 420 g/mol. The van der Waals surface area contributed by atoms with Gasteiger partial charge in [0.2, 0.25) is 5.95 Å². The van der Waals surface area contributed by atoms with Crippen molar-refractivity contribution in [3.05, 3.63) is 46.6 Å². The van der Waals surface area contributed by atoms with E-state index in [1.54, 1.807) is 0 Å². The fourth-order valence-corrected chi connectivity index (χ4v) is 5.14. The van der Waals surface area contributed by atoms with Crippen molar-refractivity contribution in [1.29, 1.82) is 0 Å². The molecule has 2 saturated heterocycles. The van der Waals surface area contributed by atoms with Crippen LogP contribution >= 0.6 is 0 Å². The minimum atomic E-state index is 0.119. The largest absolute Gasteiger partial charge is 0.356 e. The third kappa shape index (κ3) is 4.12. The maximum absolute atomic E-state index is 13.3. The number of hydrogen-bond donors (Lipinski definition) is 0.